The van der Waals surface area contributed by atoms with Gasteiger partial charge in [-0.2, -0.15) is 0 Å². The summed E-state index contributed by atoms with van der Waals surface area (Å²) in [5.74, 6) is 0.451. The van der Waals surface area contributed by atoms with Crippen LogP contribution in [0.3, 0.4) is 0 Å². The Labute approximate surface area is 131 Å². The van der Waals surface area contributed by atoms with E-state index in [2.05, 4.69) is 15.9 Å². The fourth-order valence-electron chi connectivity index (χ4n) is 2.77. The minimum absolute atomic E-state index is 0.0841. The first kappa shape index (κ1) is 13.9. The van der Waals surface area contributed by atoms with E-state index in [1.807, 2.05) is 56.3 Å². The molecule has 0 fully saturated rings. The van der Waals surface area contributed by atoms with Gasteiger partial charge < -0.3 is 5.73 Å². The minimum Gasteiger partial charge on any atom is -0.385 e. The number of rotatable bonds is 1. The molecule has 2 aromatic carbocycles. The van der Waals surface area contributed by atoms with Crippen LogP contribution >= 0.6 is 15.9 Å². The molecule has 0 aliphatic heterocycles. The molecule has 0 amide bonds. The molecule has 0 radical (unpaired) electrons. The van der Waals surface area contributed by atoms with Crippen molar-refractivity contribution in [2.45, 2.75) is 13.8 Å². The van der Waals surface area contributed by atoms with Gasteiger partial charge in [-0.3, -0.25) is 9.36 Å². The Morgan fingerprint density at radius 3 is 2.33 bits per heavy atom. The zero-order valence-corrected chi connectivity index (χ0v) is 13.4. The second-order valence-corrected chi connectivity index (χ2v) is 6.10. The Bertz CT molecular complexity index is 889. The smallest absolute Gasteiger partial charge is 0.264 e. The normalized spacial score (nSPS) is 11.0. The van der Waals surface area contributed by atoms with Crippen molar-refractivity contribution in [2.75, 3.05) is 5.73 Å². The third-order valence-electron chi connectivity index (χ3n) is 3.64. The largest absolute Gasteiger partial charge is 0.385 e. The zero-order valence-electron chi connectivity index (χ0n) is 11.9. The predicted molar refractivity (Wildman–Crippen MR) is 91.1 cm³/mol. The van der Waals surface area contributed by atoms with Crippen LogP contribution in [0.4, 0.5) is 5.82 Å². The fourth-order valence-corrected chi connectivity index (χ4v) is 3.45. The monoisotopic (exact) mass is 342 g/mol. The van der Waals surface area contributed by atoms with Crippen molar-refractivity contribution in [1.82, 2.24) is 4.57 Å². The highest BCUT2D eigenvalue weighted by Crippen LogP contribution is 2.26. The van der Waals surface area contributed by atoms with Crippen LogP contribution in [0.5, 0.6) is 0 Å². The van der Waals surface area contributed by atoms with Gasteiger partial charge in [-0.15, -0.1) is 0 Å². The molecule has 0 aliphatic carbocycles. The van der Waals surface area contributed by atoms with Crippen LogP contribution in [0.15, 0.2) is 51.7 Å². The molecule has 1 heterocycles. The van der Waals surface area contributed by atoms with E-state index in [4.69, 9.17) is 5.73 Å². The fraction of sp³-hybridized carbons (Fsp3) is 0.118. The lowest BCUT2D eigenvalue weighted by Crippen LogP contribution is -2.23. The number of anilines is 1. The van der Waals surface area contributed by atoms with Crippen LogP contribution in [0.1, 0.15) is 11.1 Å². The average molecular weight is 343 g/mol. The number of hydrogen-bond donors (Lipinski definition) is 1. The van der Waals surface area contributed by atoms with E-state index in [-0.39, 0.29) is 5.56 Å². The molecule has 0 saturated heterocycles. The molecule has 1 aromatic heterocycles. The number of fused-ring (bicyclic) bond motifs is 1. The van der Waals surface area contributed by atoms with Crippen LogP contribution in [-0.2, 0) is 0 Å². The number of aromatic nitrogens is 1. The summed E-state index contributed by atoms with van der Waals surface area (Å²) in [6, 6.07) is 13.3. The first-order chi connectivity index (χ1) is 9.99. The Morgan fingerprint density at radius 1 is 1.05 bits per heavy atom. The van der Waals surface area contributed by atoms with Gasteiger partial charge in [0.25, 0.3) is 5.56 Å². The highest BCUT2D eigenvalue weighted by Gasteiger charge is 2.13. The standard InChI is InChI=1S/C17H15BrN2O/c1-10-7-13(18)8-11(2)16(10)20-15(19)9-12-5-3-4-6-14(12)17(20)21/h3-9H,19H2,1-2H3. The van der Waals surface area contributed by atoms with Gasteiger partial charge in [0.2, 0.25) is 0 Å². The lowest BCUT2D eigenvalue weighted by molar-refractivity contribution is 0.992. The average Bonchev–Trinajstić information content (AvgIpc) is 2.41. The van der Waals surface area contributed by atoms with E-state index in [1.165, 1.54) is 0 Å². The van der Waals surface area contributed by atoms with Crippen molar-refractivity contribution in [1.29, 1.82) is 0 Å². The Balaban J connectivity index is 2.44. The predicted octanol–water partition coefficient (Wildman–Crippen LogP) is 3.95. The number of nitrogens with zero attached hydrogens (tertiary/aromatic N) is 1. The van der Waals surface area contributed by atoms with E-state index < -0.39 is 0 Å². The number of pyridine rings is 1. The summed E-state index contributed by atoms with van der Waals surface area (Å²) in [5.41, 5.74) is 8.93. The molecule has 0 atom stereocenters. The maximum Gasteiger partial charge on any atom is 0.264 e. The van der Waals surface area contributed by atoms with Crippen LogP contribution in [-0.4, -0.2) is 4.57 Å². The third kappa shape index (κ3) is 2.25. The maximum atomic E-state index is 12.8. The third-order valence-corrected chi connectivity index (χ3v) is 4.09. The number of aryl methyl sites for hydroxylation is 2. The Kier molecular flexibility index (Phi) is 3.33. The first-order valence-corrected chi connectivity index (χ1v) is 7.46. The van der Waals surface area contributed by atoms with Crippen molar-refractivity contribution in [3.63, 3.8) is 0 Å². The van der Waals surface area contributed by atoms with Gasteiger partial charge in [0.05, 0.1) is 5.69 Å². The van der Waals surface area contributed by atoms with Gasteiger partial charge in [-0.25, -0.2) is 0 Å². The van der Waals surface area contributed by atoms with Gasteiger partial charge in [-0.05, 0) is 54.6 Å². The summed E-state index contributed by atoms with van der Waals surface area (Å²) in [4.78, 5) is 12.8. The molecule has 3 rings (SSSR count). The molecule has 0 aliphatic rings. The Hall–Kier alpha value is -2.07. The molecular weight excluding hydrogens is 328 g/mol. The van der Waals surface area contributed by atoms with Crippen LogP contribution < -0.4 is 11.3 Å². The molecule has 21 heavy (non-hydrogen) atoms. The summed E-state index contributed by atoms with van der Waals surface area (Å²) >= 11 is 3.48. The summed E-state index contributed by atoms with van der Waals surface area (Å²) in [6.45, 7) is 3.96. The molecule has 0 spiro atoms. The molecular formula is C17H15BrN2O. The first-order valence-electron chi connectivity index (χ1n) is 6.66. The van der Waals surface area contributed by atoms with E-state index in [1.54, 1.807) is 4.57 Å². The minimum atomic E-state index is -0.0841. The van der Waals surface area contributed by atoms with Gasteiger partial charge in [0, 0.05) is 9.86 Å². The topological polar surface area (TPSA) is 48.0 Å². The molecule has 3 aromatic rings. The van der Waals surface area contributed by atoms with Crippen LogP contribution in [0, 0.1) is 13.8 Å². The molecule has 0 unspecified atom stereocenters. The Morgan fingerprint density at radius 2 is 1.67 bits per heavy atom. The van der Waals surface area contributed by atoms with Gasteiger partial charge in [0.15, 0.2) is 0 Å². The number of nitrogens with two attached hydrogens (primary N) is 1. The second-order valence-electron chi connectivity index (χ2n) is 5.19. The molecule has 106 valence electrons. The second kappa shape index (κ2) is 5.04. The molecule has 0 saturated carbocycles. The molecule has 3 nitrogen and oxygen atoms in total. The van der Waals surface area contributed by atoms with Gasteiger partial charge >= 0.3 is 0 Å². The quantitative estimate of drug-likeness (QED) is 0.727. The molecule has 4 heteroatoms. The van der Waals surface area contributed by atoms with Gasteiger partial charge in [0.1, 0.15) is 5.82 Å². The van der Waals surface area contributed by atoms with Crippen molar-refractivity contribution in [3.8, 4) is 5.69 Å². The highest BCUT2D eigenvalue weighted by molar-refractivity contribution is 9.10. The SMILES string of the molecule is Cc1cc(Br)cc(C)c1-n1c(N)cc2ccccc2c1=O. The lowest BCUT2D eigenvalue weighted by atomic mass is 10.1. The van der Waals surface area contributed by atoms with Crippen LogP contribution in [0.2, 0.25) is 0 Å². The number of benzene rings is 2. The van der Waals surface area contributed by atoms with Crippen molar-refractivity contribution < 1.29 is 0 Å². The number of nitrogen functional groups attached to an aromatic ring is 1. The van der Waals surface area contributed by atoms with Crippen molar-refractivity contribution in [2.24, 2.45) is 0 Å². The number of halogens is 1. The van der Waals surface area contributed by atoms with E-state index in [9.17, 15) is 4.79 Å². The van der Waals surface area contributed by atoms with Crippen molar-refractivity contribution in [3.05, 3.63) is 68.4 Å². The lowest BCUT2D eigenvalue weighted by Gasteiger charge is -2.16. The summed E-state index contributed by atoms with van der Waals surface area (Å²) in [5, 5.41) is 1.54. The summed E-state index contributed by atoms with van der Waals surface area (Å²) in [6.07, 6.45) is 0. The molecule has 0 bridgehead atoms. The van der Waals surface area contributed by atoms with E-state index >= 15 is 0 Å². The maximum absolute atomic E-state index is 12.8. The zero-order chi connectivity index (χ0) is 15.1. The van der Waals surface area contributed by atoms with Crippen LogP contribution in [0.25, 0.3) is 16.5 Å². The number of hydrogen-bond acceptors (Lipinski definition) is 2. The molecule has 2 N–H and O–H groups in total. The summed E-state index contributed by atoms with van der Waals surface area (Å²) in [7, 11) is 0. The van der Waals surface area contributed by atoms with E-state index in [0.717, 1.165) is 26.7 Å². The van der Waals surface area contributed by atoms with Crippen molar-refractivity contribution >= 4 is 32.5 Å². The van der Waals surface area contributed by atoms with E-state index in [0.29, 0.717) is 11.2 Å². The van der Waals surface area contributed by atoms with Gasteiger partial charge in [-0.1, -0.05) is 34.1 Å². The summed E-state index contributed by atoms with van der Waals surface area (Å²) < 4.78 is 2.59. The highest BCUT2D eigenvalue weighted by atomic mass is 79.9.